The van der Waals surface area contributed by atoms with Gasteiger partial charge in [-0.2, -0.15) is 0 Å². The number of nitrogen functional groups attached to an aromatic ring is 1. The molecule has 174 valence electrons. The van der Waals surface area contributed by atoms with E-state index in [1.165, 1.54) is 16.9 Å². The molecule has 2 aromatic heterocycles. The molecule has 1 amide bonds. The van der Waals surface area contributed by atoms with Gasteiger partial charge in [-0.25, -0.2) is 4.98 Å². The van der Waals surface area contributed by atoms with Crippen molar-refractivity contribution in [2.24, 2.45) is 0 Å². The van der Waals surface area contributed by atoms with Gasteiger partial charge in [0.2, 0.25) is 0 Å². The van der Waals surface area contributed by atoms with Crippen LogP contribution in [0.3, 0.4) is 0 Å². The van der Waals surface area contributed by atoms with Crippen LogP contribution in [0.2, 0.25) is 5.02 Å². The van der Waals surface area contributed by atoms with Crippen LogP contribution in [-0.4, -0.2) is 10.9 Å². The third-order valence-electron chi connectivity index (χ3n) is 5.79. The minimum atomic E-state index is -0.281. The van der Waals surface area contributed by atoms with Crippen LogP contribution >= 0.6 is 38.9 Å². The summed E-state index contributed by atoms with van der Waals surface area (Å²) in [6, 6.07) is 23.6. The second-order valence-corrected chi connectivity index (χ2v) is 10.6. The fourth-order valence-electron chi connectivity index (χ4n) is 3.95. The molecule has 0 radical (unpaired) electrons. The Morgan fingerprint density at radius 3 is 2.40 bits per heavy atom. The summed E-state index contributed by atoms with van der Waals surface area (Å²) >= 11 is 11.4. The number of rotatable bonds is 4. The first kappa shape index (κ1) is 23.5. The quantitative estimate of drug-likeness (QED) is 0.231. The van der Waals surface area contributed by atoms with Crippen molar-refractivity contribution in [3.05, 3.63) is 98.3 Å². The van der Waals surface area contributed by atoms with Crippen molar-refractivity contribution in [1.29, 1.82) is 0 Å². The summed E-state index contributed by atoms with van der Waals surface area (Å²) in [6.07, 6.45) is 0. The number of aryl methyl sites for hydroxylation is 2. The molecule has 2 heterocycles. The molecule has 0 bridgehead atoms. The summed E-state index contributed by atoms with van der Waals surface area (Å²) < 4.78 is 0.807. The number of nitrogens with one attached hydrogen (secondary N) is 1. The summed E-state index contributed by atoms with van der Waals surface area (Å²) in [7, 11) is 0. The van der Waals surface area contributed by atoms with Gasteiger partial charge in [-0.15, -0.1) is 11.3 Å². The van der Waals surface area contributed by atoms with E-state index < -0.39 is 0 Å². The highest BCUT2D eigenvalue weighted by molar-refractivity contribution is 9.10. The number of nitrogens with zero attached hydrogens (tertiary/aromatic N) is 1. The van der Waals surface area contributed by atoms with Crippen LogP contribution in [0, 0.1) is 13.8 Å². The Morgan fingerprint density at radius 1 is 0.971 bits per heavy atom. The zero-order chi connectivity index (χ0) is 24.7. The molecule has 5 rings (SSSR count). The van der Waals surface area contributed by atoms with Crippen LogP contribution in [0.4, 0.5) is 11.4 Å². The summed E-state index contributed by atoms with van der Waals surface area (Å²) in [4.78, 5) is 19.3. The first-order chi connectivity index (χ1) is 16.8. The fraction of sp³-hybridized carbons (Fsp3) is 0.0714. The molecular weight excluding hydrogens is 542 g/mol. The van der Waals surface area contributed by atoms with Crippen LogP contribution in [0.1, 0.15) is 20.8 Å². The average molecular weight is 563 g/mol. The van der Waals surface area contributed by atoms with E-state index in [0.717, 1.165) is 37.8 Å². The lowest BCUT2D eigenvalue weighted by Gasteiger charge is -2.11. The molecule has 3 aromatic carbocycles. The van der Waals surface area contributed by atoms with Gasteiger partial charge in [0, 0.05) is 26.0 Å². The van der Waals surface area contributed by atoms with Crippen LogP contribution < -0.4 is 11.1 Å². The molecule has 4 nitrogen and oxygen atoms in total. The molecule has 0 aliphatic carbocycles. The van der Waals surface area contributed by atoms with E-state index in [0.29, 0.717) is 26.1 Å². The van der Waals surface area contributed by atoms with Gasteiger partial charge >= 0.3 is 0 Å². The van der Waals surface area contributed by atoms with Gasteiger partial charge < -0.3 is 11.1 Å². The highest BCUT2D eigenvalue weighted by Gasteiger charge is 2.23. The van der Waals surface area contributed by atoms with Gasteiger partial charge in [0.15, 0.2) is 0 Å². The molecule has 0 fully saturated rings. The zero-order valence-electron chi connectivity index (χ0n) is 19.0. The van der Waals surface area contributed by atoms with Gasteiger partial charge in [0.05, 0.1) is 17.1 Å². The SMILES string of the molecule is Cc1ccc(-c2cc(-c3ccccc3Cl)c3c(N)c(C(=O)Nc4ccc(C)cc4Br)sc3n2)cc1. The maximum Gasteiger partial charge on any atom is 0.267 e. The molecule has 0 unspecified atom stereocenters. The molecule has 0 atom stereocenters. The number of fused-ring (bicyclic) bond motifs is 1. The van der Waals surface area contributed by atoms with E-state index in [1.54, 1.807) is 0 Å². The van der Waals surface area contributed by atoms with Gasteiger partial charge in [-0.3, -0.25) is 4.79 Å². The predicted molar refractivity (Wildman–Crippen MR) is 151 cm³/mol. The normalized spacial score (nSPS) is 11.1. The van der Waals surface area contributed by atoms with Crippen LogP contribution in [0.15, 0.2) is 77.3 Å². The highest BCUT2D eigenvalue weighted by atomic mass is 79.9. The first-order valence-electron chi connectivity index (χ1n) is 10.9. The Morgan fingerprint density at radius 2 is 1.69 bits per heavy atom. The van der Waals surface area contributed by atoms with Gasteiger partial charge in [-0.05, 0) is 65.2 Å². The summed E-state index contributed by atoms with van der Waals surface area (Å²) in [5.41, 5.74) is 13.4. The van der Waals surface area contributed by atoms with Gasteiger partial charge in [0.25, 0.3) is 5.91 Å². The number of hydrogen-bond acceptors (Lipinski definition) is 4. The number of benzene rings is 3. The number of aromatic nitrogens is 1. The summed E-state index contributed by atoms with van der Waals surface area (Å²) in [6.45, 7) is 4.04. The molecule has 5 aromatic rings. The van der Waals surface area contributed by atoms with Crippen LogP contribution in [0.5, 0.6) is 0 Å². The number of carbonyl (C=O) groups excluding carboxylic acids is 1. The van der Waals surface area contributed by atoms with Crippen molar-refractivity contribution in [1.82, 2.24) is 4.98 Å². The highest BCUT2D eigenvalue weighted by Crippen LogP contribution is 2.43. The van der Waals surface area contributed by atoms with E-state index >= 15 is 0 Å². The standard InChI is InChI=1S/C28H21BrClN3OS/c1-15-7-10-17(11-8-15)23-14-19(18-5-3-4-6-21(18)30)24-25(31)26(35-28(24)33-23)27(34)32-22-12-9-16(2)13-20(22)29/h3-14H,31H2,1-2H3,(H,32,34). The predicted octanol–water partition coefficient (Wildman–Crippen LogP) is 8.50. The topological polar surface area (TPSA) is 68.0 Å². The number of amides is 1. The van der Waals surface area contributed by atoms with Crippen LogP contribution in [0.25, 0.3) is 32.6 Å². The number of nitrogens with two attached hydrogens (primary N) is 1. The molecule has 0 spiro atoms. The number of hydrogen-bond donors (Lipinski definition) is 2. The second kappa shape index (κ2) is 9.46. The Balaban J connectivity index is 1.68. The van der Waals surface area contributed by atoms with E-state index in [1.807, 2.05) is 74.5 Å². The van der Waals surface area contributed by atoms with E-state index in [-0.39, 0.29) is 5.91 Å². The molecular formula is C28H21BrClN3OS. The Labute approximate surface area is 220 Å². The largest absolute Gasteiger partial charge is 0.397 e. The summed E-state index contributed by atoms with van der Waals surface area (Å²) in [5, 5.41) is 4.30. The Hall–Kier alpha value is -3.19. The molecule has 35 heavy (non-hydrogen) atoms. The van der Waals surface area contributed by atoms with Gasteiger partial charge in [0.1, 0.15) is 9.71 Å². The number of halogens is 2. The van der Waals surface area contributed by atoms with Crippen molar-refractivity contribution in [2.75, 3.05) is 11.1 Å². The van der Waals surface area contributed by atoms with Crippen molar-refractivity contribution < 1.29 is 4.79 Å². The minimum absolute atomic E-state index is 0.281. The van der Waals surface area contributed by atoms with E-state index in [4.69, 9.17) is 22.3 Å². The molecule has 3 N–H and O–H groups in total. The fourth-order valence-corrected chi connectivity index (χ4v) is 5.80. The van der Waals surface area contributed by atoms with Crippen LogP contribution in [-0.2, 0) is 0 Å². The zero-order valence-corrected chi connectivity index (χ0v) is 22.2. The maximum atomic E-state index is 13.3. The van der Waals surface area contributed by atoms with Crippen molar-refractivity contribution in [2.45, 2.75) is 13.8 Å². The molecule has 0 saturated heterocycles. The Kier molecular flexibility index (Phi) is 6.36. The lowest BCUT2D eigenvalue weighted by atomic mass is 9.99. The third-order valence-corrected chi connectivity index (χ3v) is 7.87. The van der Waals surface area contributed by atoms with E-state index in [2.05, 4.69) is 33.4 Å². The monoisotopic (exact) mass is 561 g/mol. The lowest BCUT2D eigenvalue weighted by Crippen LogP contribution is -2.12. The van der Waals surface area contributed by atoms with Crippen molar-refractivity contribution in [3.8, 4) is 22.4 Å². The number of carbonyl (C=O) groups is 1. The first-order valence-corrected chi connectivity index (χ1v) is 12.9. The molecule has 0 saturated carbocycles. The number of pyridine rings is 1. The molecule has 0 aliphatic heterocycles. The smallest absolute Gasteiger partial charge is 0.267 e. The minimum Gasteiger partial charge on any atom is -0.397 e. The molecule has 7 heteroatoms. The number of thiophene rings is 1. The second-order valence-electron chi connectivity index (χ2n) is 8.36. The van der Waals surface area contributed by atoms with E-state index in [9.17, 15) is 4.79 Å². The number of anilines is 2. The van der Waals surface area contributed by atoms with Crippen molar-refractivity contribution >= 4 is 66.4 Å². The Bertz CT molecular complexity index is 1590. The van der Waals surface area contributed by atoms with Gasteiger partial charge in [-0.1, -0.05) is 65.7 Å². The average Bonchev–Trinajstić information content (AvgIpc) is 3.18. The summed E-state index contributed by atoms with van der Waals surface area (Å²) in [5.74, 6) is -0.281. The lowest BCUT2D eigenvalue weighted by molar-refractivity contribution is 0.103. The maximum absolute atomic E-state index is 13.3. The molecule has 0 aliphatic rings. The van der Waals surface area contributed by atoms with Crippen molar-refractivity contribution in [3.63, 3.8) is 0 Å². The third kappa shape index (κ3) is 4.57.